The van der Waals surface area contributed by atoms with E-state index in [0.717, 1.165) is 24.2 Å². The van der Waals surface area contributed by atoms with E-state index in [1.807, 2.05) is 11.1 Å². The topological polar surface area (TPSA) is 20.2 Å². The number of hydrogen-bond acceptors (Lipinski definition) is 1. The van der Waals surface area contributed by atoms with Crippen LogP contribution in [-0.4, -0.2) is 11.2 Å². The zero-order valence-corrected chi connectivity index (χ0v) is 20.3. The highest BCUT2D eigenvalue weighted by atomic mass is 16.3. The van der Waals surface area contributed by atoms with Crippen molar-refractivity contribution in [2.75, 3.05) is 0 Å². The number of hydrogen-bond donors (Lipinski definition) is 1. The number of unbranched alkanes of at least 4 members (excludes halogenated alkanes) is 1. The van der Waals surface area contributed by atoms with Crippen molar-refractivity contribution in [1.82, 2.24) is 0 Å². The largest absolute Gasteiger partial charge is 0.393 e. The van der Waals surface area contributed by atoms with Gasteiger partial charge >= 0.3 is 0 Å². The SMILES string of the molecule is CC(C)CCCCC1CCC2C3=C(CCC12C)C1(C)CCC(O)C(C)(C)C1CC3. The van der Waals surface area contributed by atoms with Crippen molar-refractivity contribution in [3.8, 4) is 0 Å². The molecule has 4 aliphatic rings. The lowest BCUT2D eigenvalue weighted by Gasteiger charge is -2.59. The molecule has 1 N–H and O–H groups in total. The summed E-state index contributed by atoms with van der Waals surface area (Å²) < 4.78 is 0. The van der Waals surface area contributed by atoms with E-state index in [0.29, 0.717) is 16.7 Å². The smallest absolute Gasteiger partial charge is 0.0594 e. The molecule has 2 fully saturated rings. The van der Waals surface area contributed by atoms with E-state index in [1.54, 1.807) is 0 Å². The lowest BCUT2D eigenvalue weighted by Crippen LogP contribution is -2.53. The Bertz CT molecular complexity index is 643. The maximum absolute atomic E-state index is 10.7. The van der Waals surface area contributed by atoms with Crippen molar-refractivity contribution in [2.45, 2.75) is 125 Å². The summed E-state index contributed by atoms with van der Waals surface area (Å²) >= 11 is 0. The van der Waals surface area contributed by atoms with Crippen LogP contribution in [-0.2, 0) is 0 Å². The Morgan fingerprint density at radius 3 is 2.41 bits per heavy atom. The highest BCUT2D eigenvalue weighted by molar-refractivity contribution is 5.35. The van der Waals surface area contributed by atoms with E-state index >= 15 is 0 Å². The fourth-order valence-corrected chi connectivity index (χ4v) is 8.81. The van der Waals surface area contributed by atoms with Crippen molar-refractivity contribution in [2.24, 2.45) is 39.9 Å². The molecule has 6 unspecified atom stereocenters. The Hall–Kier alpha value is -0.300. The van der Waals surface area contributed by atoms with Gasteiger partial charge in [0, 0.05) is 0 Å². The first-order chi connectivity index (χ1) is 13.6. The fraction of sp³-hybridized carbons (Fsp3) is 0.929. The highest BCUT2D eigenvalue weighted by Crippen LogP contribution is 2.67. The molecule has 0 saturated heterocycles. The van der Waals surface area contributed by atoms with Crippen LogP contribution >= 0.6 is 0 Å². The van der Waals surface area contributed by atoms with Crippen LogP contribution < -0.4 is 0 Å². The molecule has 0 heterocycles. The molecule has 29 heavy (non-hydrogen) atoms. The maximum Gasteiger partial charge on any atom is 0.0594 e. The molecule has 6 atom stereocenters. The third-order valence-corrected chi connectivity index (χ3v) is 10.7. The number of allylic oxidation sites excluding steroid dienone is 2. The molecule has 0 aromatic carbocycles. The van der Waals surface area contributed by atoms with Crippen LogP contribution in [0.2, 0.25) is 0 Å². The van der Waals surface area contributed by atoms with Crippen LogP contribution in [0.5, 0.6) is 0 Å². The molecule has 166 valence electrons. The third-order valence-electron chi connectivity index (χ3n) is 10.7. The maximum atomic E-state index is 10.7. The number of aliphatic hydroxyl groups is 1. The Labute approximate surface area is 181 Å². The van der Waals surface area contributed by atoms with E-state index in [2.05, 4.69) is 41.5 Å². The van der Waals surface area contributed by atoms with Gasteiger partial charge < -0.3 is 5.11 Å². The molecule has 1 nitrogen and oxygen atoms in total. The summed E-state index contributed by atoms with van der Waals surface area (Å²) in [6.45, 7) is 14.7. The van der Waals surface area contributed by atoms with Gasteiger partial charge in [0.1, 0.15) is 0 Å². The minimum atomic E-state index is -0.113. The zero-order valence-electron chi connectivity index (χ0n) is 20.3. The second kappa shape index (κ2) is 7.68. The lowest BCUT2D eigenvalue weighted by atomic mass is 9.46. The predicted octanol–water partition coefficient (Wildman–Crippen LogP) is 7.92. The van der Waals surface area contributed by atoms with Crippen LogP contribution in [0.15, 0.2) is 11.1 Å². The number of aliphatic hydroxyl groups excluding tert-OH is 1. The van der Waals surface area contributed by atoms with E-state index < -0.39 is 0 Å². The van der Waals surface area contributed by atoms with Gasteiger partial charge in [0.15, 0.2) is 0 Å². The average Bonchev–Trinajstić information content (AvgIpc) is 2.99. The normalized spacial score (nSPS) is 43.9. The molecule has 0 spiro atoms. The second-order valence-corrected chi connectivity index (χ2v) is 12.9. The van der Waals surface area contributed by atoms with Gasteiger partial charge in [-0.15, -0.1) is 0 Å². The van der Waals surface area contributed by atoms with Crippen LogP contribution in [0.4, 0.5) is 0 Å². The average molecular weight is 401 g/mol. The van der Waals surface area contributed by atoms with Gasteiger partial charge in [-0.25, -0.2) is 0 Å². The molecule has 2 saturated carbocycles. The second-order valence-electron chi connectivity index (χ2n) is 12.9. The van der Waals surface area contributed by atoms with Gasteiger partial charge in [0.2, 0.25) is 0 Å². The van der Waals surface area contributed by atoms with Gasteiger partial charge in [-0.1, -0.05) is 72.0 Å². The van der Waals surface area contributed by atoms with Crippen molar-refractivity contribution >= 4 is 0 Å². The zero-order chi connectivity index (χ0) is 21.0. The van der Waals surface area contributed by atoms with Gasteiger partial charge in [0.05, 0.1) is 6.10 Å². The van der Waals surface area contributed by atoms with Crippen LogP contribution in [0.25, 0.3) is 0 Å². The van der Waals surface area contributed by atoms with Crippen molar-refractivity contribution < 1.29 is 5.11 Å². The highest BCUT2D eigenvalue weighted by Gasteiger charge is 2.58. The van der Waals surface area contributed by atoms with Crippen LogP contribution in [0.1, 0.15) is 119 Å². The number of fused-ring (bicyclic) bond motifs is 4. The first kappa shape index (κ1) is 21.9. The van der Waals surface area contributed by atoms with Crippen molar-refractivity contribution in [3.05, 3.63) is 11.1 Å². The Kier molecular flexibility index (Phi) is 5.81. The standard InChI is InChI=1S/C28H48O/c1-19(2)9-7-8-10-20-11-13-22-21-12-14-24-26(3,4)25(29)16-18-28(24,6)23(21)15-17-27(20,22)5/h19-20,22,24-25,29H,7-18H2,1-6H3. The minimum absolute atomic E-state index is 0.0703. The fourth-order valence-electron chi connectivity index (χ4n) is 8.81. The molecule has 0 aromatic heterocycles. The quantitative estimate of drug-likeness (QED) is 0.367. The number of rotatable bonds is 5. The van der Waals surface area contributed by atoms with E-state index in [9.17, 15) is 5.11 Å². The van der Waals surface area contributed by atoms with E-state index in [4.69, 9.17) is 0 Å². The summed E-state index contributed by atoms with van der Waals surface area (Å²) in [5.74, 6) is 3.35. The van der Waals surface area contributed by atoms with E-state index in [-0.39, 0.29) is 11.5 Å². The molecule has 0 bridgehead atoms. The summed E-state index contributed by atoms with van der Waals surface area (Å²) in [6.07, 6.45) is 16.2. The van der Waals surface area contributed by atoms with Crippen LogP contribution in [0, 0.1) is 39.9 Å². The summed E-state index contributed by atoms with van der Waals surface area (Å²) in [4.78, 5) is 0. The summed E-state index contributed by atoms with van der Waals surface area (Å²) in [6, 6.07) is 0. The van der Waals surface area contributed by atoms with E-state index in [1.165, 1.54) is 70.6 Å². The molecule has 4 rings (SSSR count). The molecule has 0 aliphatic heterocycles. The first-order valence-corrected chi connectivity index (χ1v) is 13.0. The molecule has 4 aliphatic carbocycles. The third kappa shape index (κ3) is 3.46. The molecule has 0 amide bonds. The van der Waals surface area contributed by atoms with Gasteiger partial charge in [-0.3, -0.25) is 0 Å². The summed E-state index contributed by atoms with van der Waals surface area (Å²) in [7, 11) is 0. The summed E-state index contributed by atoms with van der Waals surface area (Å²) in [5.41, 5.74) is 4.78. The van der Waals surface area contributed by atoms with Crippen LogP contribution in [0.3, 0.4) is 0 Å². The monoisotopic (exact) mass is 400 g/mol. The molecular weight excluding hydrogens is 352 g/mol. The lowest BCUT2D eigenvalue weighted by molar-refractivity contribution is -0.0928. The molecule has 0 aromatic rings. The molecular formula is C28H48O. The Balaban J connectivity index is 1.54. The van der Waals surface area contributed by atoms with Gasteiger partial charge in [0.25, 0.3) is 0 Å². The summed E-state index contributed by atoms with van der Waals surface area (Å²) in [5, 5.41) is 10.7. The Morgan fingerprint density at radius 1 is 0.931 bits per heavy atom. The van der Waals surface area contributed by atoms with Crippen molar-refractivity contribution in [1.29, 1.82) is 0 Å². The van der Waals surface area contributed by atoms with Gasteiger partial charge in [-0.05, 0) is 97.7 Å². The Morgan fingerprint density at radius 2 is 1.69 bits per heavy atom. The molecule has 1 heteroatoms. The van der Waals surface area contributed by atoms with Gasteiger partial charge in [-0.2, -0.15) is 0 Å². The minimum Gasteiger partial charge on any atom is -0.393 e. The predicted molar refractivity (Wildman–Crippen MR) is 124 cm³/mol. The first-order valence-electron chi connectivity index (χ1n) is 13.0. The molecule has 0 radical (unpaired) electrons. The van der Waals surface area contributed by atoms with Crippen molar-refractivity contribution in [3.63, 3.8) is 0 Å².